The van der Waals surface area contributed by atoms with Crippen molar-refractivity contribution in [3.63, 3.8) is 0 Å². The Hall–Kier alpha value is -1.88. The Morgan fingerprint density at radius 1 is 1.62 bits per heavy atom. The highest BCUT2D eigenvalue weighted by atomic mass is 16.3. The molecule has 2 rings (SSSR count). The molecule has 0 radical (unpaired) electrons. The summed E-state index contributed by atoms with van der Waals surface area (Å²) in [5.74, 6) is -0.274. The van der Waals surface area contributed by atoms with Crippen LogP contribution in [0.15, 0.2) is 30.6 Å². The molecule has 5 nitrogen and oxygen atoms in total. The molecule has 84 valence electrons. The Morgan fingerprint density at radius 2 is 2.44 bits per heavy atom. The normalized spacial score (nSPS) is 12.6. The van der Waals surface area contributed by atoms with Crippen LogP contribution in [-0.4, -0.2) is 33.0 Å². The van der Waals surface area contributed by atoms with Gasteiger partial charge in [-0.15, -0.1) is 0 Å². The smallest absolute Gasteiger partial charge is 0.271 e. The van der Waals surface area contributed by atoms with E-state index in [0.29, 0.717) is 5.69 Å². The lowest BCUT2D eigenvalue weighted by molar-refractivity contribution is 0.0919. The van der Waals surface area contributed by atoms with Crippen LogP contribution in [0.5, 0.6) is 0 Å². The van der Waals surface area contributed by atoms with Crippen molar-refractivity contribution in [3.8, 4) is 0 Å². The van der Waals surface area contributed by atoms with Crippen LogP contribution in [0.25, 0.3) is 5.65 Å². The summed E-state index contributed by atoms with van der Waals surface area (Å²) in [5, 5.41) is 11.6. The van der Waals surface area contributed by atoms with E-state index in [1.807, 2.05) is 24.4 Å². The molecule has 0 aliphatic heterocycles. The third-order valence-corrected chi connectivity index (χ3v) is 2.15. The van der Waals surface area contributed by atoms with Crippen molar-refractivity contribution in [1.29, 1.82) is 0 Å². The molecule has 0 saturated heterocycles. The minimum absolute atomic E-state index is 0.229. The van der Waals surface area contributed by atoms with Crippen molar-refractivity contribution in [1.82, 2.24) is 14.7 Å². The van der Waals surface area contributed by atoms with Gasteiger partial charge in [0.2, 0.25) is 0 Å². The Morgan fingerprint density at radius 3 is 3.12 bits per heavy atom. The first kappa shape index (κ1) is 10.6. The average molecular weight is 219 g/mol. The molecule has 2 aromatic heterocycles. The van der Waals surface area contributed by atoms with E-state index in [1.54, 1.807) is 17.5 Å². The van der Waals surface area contributed by atoms with Crippen LogP contribution in [0.3, 0.4) is 0 Å². The molecule has 2 aromatic rings. The van der Waals surface area contributed by atoms with Crippen molar-refractivity contribution in [2.24, 2.45) is 0 Å². The molecule has 2 N–H and O–H groups in total. The molecule has 0 aromatic carbocycles. The topological polar surface area (TPSA) is 66.6 Å². The van der Waals surface area contributed by atoms with E-state index in [4.69, 9.17) is 5.11 Å². The van der Waals surface area contributed by atoms with Crippen LogP contribution in [-0.2, 0) is 0 Å². The molecule has 1 amide bonds. The Bertz CT molecular complexity index is 472. The number of aromatic nitrogens is 2. The number of fused-ring (bicyclic) bond motifs is 1. The molecule has 0 saturated carbocycles. The number of rotatable bonds is 3. The molecule has 1 unspecified atom stereocenters. The number of amides is 1. The number of aliphatic hydroxyl groups excluding tert-OH is 1. The molecule has 0 fully saturated rings. The number of carbonyl (C=O) groups is 1. The maximum absolute atomic E-state index is 11.6. The monoisotopic (exact) mass is 219 g/mol. The first-order valence-electron chi connectivity index (χ1n) is 5.07. The zero-order valence-corrected chi connectivity index (χ0v) is 8.92. The quantitative estimate of drug-likeness (QED) is 0.787. The largest absolute Gasteiger partial charge is 0.392 e. The van der Waals surface area contributed by atoms with Gasteiger partial charge in [0.1, 0.15) is 11.3 Å². The third-order valence-electron chi connectivity index (χ3n) is 2.15. The minimum atomic E-state index is -0.555. The fraction of sp³-hybridized carbons (Fsp3) is 0.273. The van der Waals surface area contributed by atoms with Gasteiger partial charge in [0.25, 0.3) is 5.91 Å². The molecule has 5 heteroatoms. The number of pyridine rings is 1. The van der Waals surface area contributed by atoms with Gasteiger partial charge >= 0.3 is 0 Å². The van der Waals surface area contributed by atoms with Gasteiger partial charge in [0.15, 0.2) is 0 Å². The maximum Gasteiger partial charge on any atom is 0.271 e. The second-order valence-corrected chi connectivity index (χ2v) is 3.65. The second-order valence-electron chi connectivity index (χ2n) is 3.65. The third kappa shape index (κ3) is 2.20. The van der Waals surface area contributed by atoms with E-state index in [9.17, 15) is 4.79 Å². The Labute approximate surface area is 92.7 Å². The first-order valence-corrected chi connectivity index (χ1v) is 5.07. The van der Waals surface area contributed by atoms with E-state index >= 15 is 0 Å². The number of nitrogens with one attached hydrogen (secondary N) is 1. The molecule has 0 spiro atoms. The van der Waals surface area contributed by atoms with Gasteiger partial charge in [0, 0.05) is 18.9 Å². The Kier molecular flexibility index (Phi) is 2.87. The van der Waals surface area contributed by atoms with Gasteiger partial charge in [0.05, 0.1) is 6.10 Å². The van der Waals surface area contributed by atoms with Gasteiger partial charge in [-0.25, -0.2) is 4.98 Å². The predicted octanol–water partition coefficient (Wildman–Crippen LogP) is 0.445. The summed E-state index contributed by atoms with van der Waals surface area (Å²) < 4.78 is 1.78. The van der Waals surface area contributed by atoms with Crippen molar-refractivity contribution < 1.29 is 9.90 Å². The van der Waals surface area contributed by atoms with Crippen molar-refractivity contribution in [2.75, 3.05) is 6.54 Å². The zero-order valence-electron chi connectivity index (χ0n) is 8.92. The van der Waals surface area contributed by atoms with Crippen LogP contribution >= 0.6 is 0 Å². The molecule has 0 aliphatic rings. The van der Waals surface area contributed by atoms with Gasteiger partial charge < -0.3 is 14.8 Å². The highest BCUT2D eigenvalue weighted by Crippen LogP contribution is 2.04. The average Bonchev–Trinajstić information content (AvgIpc) is 2.69. The lowest BCUT2D eigenvalue weighted by Crippen LogP contribution is -2.30. The van der Waals surface area contributed by atoms with Crippen LogP contribution in [0.4, 0.5) is 0 Å². The fourth-order valence-corrected chi connectivity index (χ4v) is 1.38. The van der Waals surface area contributed by atoms with Crippen LogP contribution in [0.2, 0.25) is 0 Å². The second kappa shape index (κ2) is 4.32. The summed E-state index contributed by atoms with van der Waals surface area (Å²) in [6, 6.07) is 5.55. The summed E-state index contributed by atoms with van der Waals surface area (Å²) in [5.41, 5.74) is 1.08. The summed E-state index contributed by atoms with van der Waals surface area (Å²) >= 11 is 0. The van der Waals surface area contributed by atoms with Crippen molar-refractivity contribution >= 4 is 11.6 Å². The predicted molar refractivity (Wildman–Crippen MR) is 59.2 cm³/mol. The van der Waals surface area contributed by atoms with Crippen LogP contribution < -0.4 is 5.32 Å². The summed E-state index contributed by atoms with van der Waals surface area (Å²) in [7, 11) is 0. The van der Waals surface area contributed by atoms with Crippen LogP contribution in [0, 0.1) is 0 Å². The van der Waals surface area contributed by atoms with Crippen molar-refractivity contribution in [3.05, 3.63) is 36.3 Å². The van der Waals surface area contributed by atoms with E-state index in [-0.39, 0.29) is 12.5 Å². The number of hydrogen-bond acceptors (Lipinski definition) is 3. The SMILES string of the molecule is CC(O)CNC(=O)c1cn2ccccc2n1. The summed E-state index contributed by atoms with van der Waals surface area (Å²) in [6.45, 7) is 1.84. The van der Waals surface area contributed by atoms with Gasteiger partial charge in [-0.2, -0.15) is 0 Å². The van der Waals surface area contributed by atoms with Gasteiger partial charge in [-0.05, 0) is 19.1 Å². The number of carbonyl (C=O) groups excluding carboxylic acids is 1. The molecule has 0 aliphatic carbocycles. The minimum Gasteiger partial charge on any atom is -0.392 e. The summed E-state index contributed by atoms with van der Waals surface area (Å²) in [4.78, 5) is 15.8. The van der Waals surface area contributed by atoms with E-state index < -0.39 is 6.10 Å². The standard InChI is InChI=1S/C11H13N3O2/c1-8(15)6-12-11(16)9-7-14-5-3-2-4-10(14)13-9/h2-5,7-8,15H,6H2,1H3,(H,12,16). The molecular formula is C11H13N3O2. The fourth-order valence-electron chi connectivity index (χ4n) is 1.38. The van der Waals surface area contributed by atoms with Gasteiger partial charge in [-0.3, -0.25) is 4.79 Å². The van der Waals surface area contributed by atoms with Crippen LogP contribution in [0.1, 0.15) is 17.4 Å². The summed E-state index contributed by atoms with van der Waals surface area (Å²) in [6.07, 6.45) is 2.93. The van der Waals surface area contributed by atoms with E-state index in [1.165, 1.54) is 0 Å². The van der Waals surface area contributed by atoms with Crippen molar-refractivity contribution in [2.45, 2.75) is 13.0 Å². The zero-order chi connectivity index (χ0) is 11.5. The lowest BCUT2D eigenvalue weighted by Gasteiger charge is -2.04. The maximum atomic E-state index is 11.6. The highest BCUT2D eigenvalue weighted by Gasteiger charge is 2.10. The molecular weight excluding hydrogens is 206 g/mol. The van der Waals surface area contributed by atoms with Gasteiger partial charge in [-0.1, -0.05) is 6.07 Å². The number of hydrogen-bond donors (Lipinski definition) is 2. The lowest BCUT2D eigenvalue weighted by atomic mass is 10.4. The first-order chi connectivity index (χ1) is 7.66. The molecule has 0 bridgehead atoms. The molecule has 16 heavy (non-hydrogen) atoms. The number of aliphatic hydroxyl groups is 1. The Balaban J connectivity index is 2.17. The molecule has 2 heterocycles. The molecule has 1 atom stereocenters. The van der Waals surface area contributed by atoms with E-state index in [0.717, 1.165) is 5.65 Å². The number of imidazole rings is 1. The van der Waals surface area contributed by atoms with E-state index in [2.05, 4.69) is 10.3 Å². The number of nitrogens with zero attached hydrogens (tertiary/aromatic N) is 2. The highest BCUT2D eigenvalue weighted by molar-refractivity contribution is 5.92.